The number of carbonyl (C=O) groups is 3. The van der Waals surface area contributed by atoms with Crippen molar-refractivity contribution in [1.29, 1.82) is 0 Å². The molecule has 34 heavy (non-hydrogen) atoms. The van der Waals surface area contributed by atoms with Gasteiger partial charge in [-0.25, -0.2) is 10.3 Å². The van der Waals surface area contributed by atoms with Crippen molar-refractivity contribution >= 4 is 47.2 Å². The summed E-state index contributed by atoms with van der Waals surface area (Å²) in [5, 5.41) is 23.9. The minimum atomic E-state index is -0.666. The van der Waals surface area contributed by atoms with Crippen LogP contribution in [0, 0.1) is 0 Å². The van der Waals surface area contributed by atoms with Crippen molar-refractivity contribution in [3.05, 3.63) is 41.7 Å². The number of nitrogens with zero attached hydrogens (tertiary/aromatic N) is 4. The zero-order chi connectivity index (χ0) is 23.7. The van der Waals surface area contributed by atoms with Crippen LogP contribution >= 0.6 is 0 Å². The van der Waals surface area contributed by atoms with E-state index in [2.05, 4.69) is 36.3 Å². The molecule has 0 unspecified atom stereocenters. The number of hydrogen-bond acceptors (Lipinski definition) is 10. The first kappa shape index (κ1) is 21.1. The third-order valence-electron chi connectivity index (χ3n) is 4.93. The van der Waals surface area contributed by atoms with Gasteiger partial charge in [-0.05, 0) is 43.2 Å². The van der Waals surface area contributed by atoms with Crippen LogP contribution in [0.25, 0.3) is 11.7 Å². The standard InChI is InChI=1S/C20H19N9O5/c30-15(28-33)9-34-13-5-3-11(4-6-13)22-18-25-16-10(7-14-17(31)26-20(32)24-14)8-21-29(16)19(27-18)23-12-1-2-12/h3-8,12,33H,1-2,9H2,(H,28,30)(H2,22,23,25,27)(H2,24,26,31,32). The summed E-state index contributed by atoms with van der Waals surface area (Å²) in [7, 11) is 0. The Bertz CT molecular complexity index is 1310. The molecule has 2 fully saturated rings. The molecule has 5 rings (SSSR count). The van der Waals surface area contributed by atoms with Gasteiger partial charge in [-0.2, -0.15) is 19.6 Å². The van der Waals surface area contributed by atoms with Crippen LogP contribution in [-0.2, 0) is 9.59 Å². The molecular weight excluding hydrogens is 446 g/mol. The third kappa shape index (κ3) is 4.56. The summed E-state index contributed by atoms with van der Waals surface area (Å²) in [6.45, 7) is -0.322. The van der Waals surface area contributed by atoms with Crippen molar-refractivity contribution in [2.24, 2.45) is 0 Å². The van der Waals surface area contributed by atoms with Gasteiger partial charge in [-0.1, -0.05) is 0 Å². The zero-order valence-corrected chi connectivity index (χ0v) is 17.5. The molecule has 174 valence electrons. The topological polar surface area (TPSA) is 184 Å². The lowest BCUT2D eigenvalue weighted by molar-refractivity contribution is -0.131. The largest absolute Gasteiger partial charge is 0.484 e. The van der Waals surface area contributed by atoms with Gasteiger partial charge in [0.15, 0.2) is 12.3 Å². The average molecular weight is 465 g/mol. The van der Waals surface area contributed by atoms with Gasteiger partial charge in [0.1, 0.15) is 11.4 Å². The van der Waals surface area contributed by atoms with Gasteiger partial charge in [0.25, 0.3) is 11.8 Å². The molecule has 0 atom stereocenters. The van der Waals surface area contributed by atoms with Crippen LogP contribution in [0.1, 0.15) is 18.4 Å². The maximum absolute atomic E-state index is 11.9. The minimum absolute atomic E-state index is 0.0928. The van der Waals surface area contributed by atoms with Crippen LogP contribution in [0.4, 0.5) is 22.4 Å². The van der Waals surface area contributed by atoms with E-state index in [1.807, 2.05) is 0 Å². The second-order valence-corrected chi connectivity index (χ2v) is 7.56. The molecule has 14 heteroatoms. The Kier molecular flexibility index (Phi) is 5.39. The maximum atomic E-state index is 11.9. The predicted octanol–water partition coefficient (Wildman–Crippen LogP) is 0.507. The average Bonchev–Trinajstić information content (AvgIpc) is 3.46. The Labute approximate surface area is 191 Å². The fourth-order valence-corrected chi connectivity index (χ4v) is 3.14. The van der Waals surface area contributed by atoms with Gasteiger partial charge >= 0.3 is 6.03 Å². The maximum Gasteiger partial charge on any atom is 0.326 e. The van der Waals surface area contributed by atoms with Gasteiger partial charge in [0.2, 0.25) is 11.9 Å². The molecule has 1 aromatic carbocycles. The van der Waals surface area contributed by atoms with Crippen LogP contribution in [-0.4, -0.2) is 55.3 Å². The van der Waals surface area contributed by atoms with E-state index in [0.29, 0.717) is 34.6 Å². The fraction of sp³-hybridized carbons (Fsp3) is 0.200. The van der Waals surface area contributed by atoms with E-state index >= 15 is 0 Å². The fourth-order valence-electron chi connectivity index (χ4n) is 3.14. The lowest BCUT2D eigenvalue weighted by atomic mass is 10.2. The molecule has 14 nitrogen and oxygen atoms in total. The van der Waals surface area contributed by atoms with Crippen molar-refractivity contribution in [2.45, 2.75) is 18.9 Å². The highest BCUT2D eigenvalue weighted by Gasteiger charge is 2.26. The first-order chi connectivity index (χ1) is 16.5. The van der Waals surface area contributed by atoms with Gasteiger partial charge in [-0.3, -0.25) is 20.1 Å². The molecular formula is C20H19N9O5. The van der Waals surface area contributed by atoms with Crippen LogP contribution in [0.5, 0.6) is 5.75 Å². The van der Waals surface area contributed by atoms with Crippen molar-refractivity contribution < 1.29 is 24.3 Å². The molecule has 0 bridgehead atoms. The van der Waals surface area contributed by atoms with E-state index in [1.165, 1.54) is 22.3 Å². The van der Waals surface area contributed by atoms with Crippen molar-refractivity contribution in [2.75, 3.05) is 17.2 Å². The normalized spacial score (nSPS) is 16.3. The molecule has 4 amide bonds. The molecule has 3 aromatic rings. The summed E-state index contributed by atoms with van der Waals surface area (Å²) >= 11 is 0. The number of hydroxylamine groups is 1. The van der Waals surface area contributed by atoms with Gasteiger partial charge < -0.3 is 20.7 Å². The Morgan fingerprint density at radius 3 is 2.68 bits per heavy atom. The Balaban J connectivity index is 1.42. The first-order valence-corrected chi connectivity index (χ1v) is 10.3. The van der Waals surface area contributed by atoms with E-state index in [9.17, 15) is 14.4 Å². The van der Waals surface area contributed by atoms with E-state index in [-0.39, 0.29) is 18.3 Å². The van der Waals surface area contributed by atoms with Crippen molar-refractivity contribution in [3.63, 3.8) is 0 Å². The summed E-state index contributed by atoms with van der Waals surface area (Å²) in [6.07, 6.45) is 5.07. The summed E-state index contributed by atoms with van der Waals surface area (Å²) in [5.74, 6) is -0.00514. The summed E-state index contributed by atoms with van der Waals surface area (Å²) in [5.41, 5.74) is 3.19. The lowest BCUT2D eigenvalue weighted by Crippen LogP contribution is -2.25. The third-order valence-corrected chi connectivity index (χ3v) is 4.93. The van der Waals surface area contributed by atoms with E-state index in [4.69, 9.17) is 9.94 Å². The molecule has 0 radical (unpaired) electrons. The number of rotatable bonds is 8. The minimum Gasteiger partial charge on any atom is -0.484 e. The van der Waals surface area contributed by atoms with Gasteiger partial charge in [0, 0.05) is 17.3 Å². The Hall–Kier alpha value is -4.72. The van der Waals surface area contributed by atoms with Crippen LogP contribution in [0.15, 0.2) is 36.2 Å². The molecule has 3 heterocycles. The number of imide groups is 1. The van der Waals surface area contributed by atoms with E-state index in [0.717, 1.165) is 12.8 Å². The van der Waals surface area contributed by atoms with Gasteiger partial charge in [0.05, 0.1) is 6.20 Å². The number of aromatic nitrogens is 4. The summed E-state index contributed by atoms with van der Waals surface area (Å²) < 4.78 is 6.79. The SMILES string of the molecule is O=C(COc1ccc(Nc2nc(NC3CC3)n3ncc(C=C4NC(=O)NC4=O)c3n2)cc1)NO. The summed E-state index contributed by atoms with van der Waals surface area (Å²) in [4.78, 5) is 43.5. The van der Waals surface area contributed by atoms with Crippen LogP contribution in [0.3, 0.4) is 0 Å². The lowest BCUT2D eigenvalue weighted by Gasteiger charge is -2.11. The molecule has 2 aliphatic rings. The molecule has 2 aromatic heterocycles. The first-order valence-electron chi connectivity index (χ1n) is 10.3. The number of anilines is 3. The summed E-state index contributed by atoms with van der Waals surface area (Å²) in [6, 6.07) is 6.42. The van der Waals surface area contributed by atoms with Gasteiger partial charge in [-0.15, -0.1) is 0 Å². The number of nitrogens with one attached hydrogen (secondary N) is 5. The number of benzene rings is 1. The number of hydrogen-bond donors (Lipinski definition) is 6. The molecule has 6 N–H and O–H groups in total. The molecule has 1 saturated heterocycles. The zero-order valence-electron chi connectivity index (χ0n) is 17.5. The number of amides is 4. The Morgan fingerprint density at radius 1 is 1.21 bits per heavy atom. The Morgan fingerprint density at radius 2 is 2.00 bits per heavy atom. The number of ether oxygens (including phenoxy) is 1. The van der Waals surface area contributed by atoms with Crippen LogP contribution < -0.4 is 31.5 Å². The van der Waals surface area contributed by atoms with Crippen molar-refractivity contribution in [1.82, 2.24) is 35.7 Å². The second-order valence-electron chi connectivity index (χ2n) is 7.56. The molecule has 1 saturated carbocycles. The van der Waals surface area contributed by atoms with Crippen LogP contribution in [0.2, 0.25) is 0 Å². The molecule has 1 aliphatic carbocycles. The second kappa shape index (κ2) is 8.67. The molecule has 0 spiro atoms. The van der Waals surface area contributed by atoms with E-state index in [1.54, 1.807) is 24.3 Å². The number of fused-ring (bicyclic) bond motifs is 1. The highest BCUT2D eigenvalue weighted by Crippen LogP contribution is 2.26. The monoisotopic (exact) mass is 465 g/mol. The van der Waals surface area contributed by atoms with Crippen molar-refractivity contribution in [3.8, 4) is 5.75 Å². The quantitative estimate of drug-likeness (QED) is 0.119. The highest BCUT2D eigenvalue weighted by molar-refractivity contribution is 6.14. The van der Waals surface area contributed by atoms with E-state index < -0.39 is 17.8 Å². The smallest absolute Gasteiger partial charge is 0.326 e. The predicted molar refractivity (Wildman–Crippen MR) is 117 cm³/mol. The molecule has 1 aliphatic heterocycles. The number of carbonyl (C=O) groups excluding carboxylic acids is 3. The number of urea groups is 1. The highest BCUT2D eigenvalue weighted by atomic mass is 16.5.